The summed E-state index contributed by atoms with van der Waals surface area (Å²) in [6.07, 6.45) is 4.05. The van der Waals surface area contributed by atoms with Gasteiger partial charge < -0.3 is 10.2 Å². The van der Waals surface area contributed by atoms with Crippen molar-refractivity contribution in [3.05, 3.63) is 76.4 Å². The first-order chi connectivity index (χ1) is 10.2. The Morgan fingerprint density at radius 1 is 1.10 bits per heavy atom. The zero-order valence-corrected chi connectivity index (χ0v) is 11.5. The number of benzene rings is 2. The van der Waals surface area contributed by atoms with Crippen LogP contribution in [-0.4, -0.2) is 16.2 Å². The third-order valence-electron chi connectivity index (χ3n) is 3.86. The predicted octanol–water partition coefficient (Wildman–Crippen LogP) is 3.26. The molecule has 0 fully saturated rings. The first kappa shape index (κ1) is 13.6. The molecule has 0 saturated carbocycles. The molecule has 0 spiro atoms. The highest BCUT2D eigenvalue weighted by Gasteiger charge is 2.16. The Labute approximate surface area is 123 Å². The first-order valence-corrected chi connectivity index (χ1v) is 6.96. The molecular weight excluding hydrogens is 264 g/mol. The molecule has 0 heterocycles. The van der Waals surface area contributed by atoms with Gasteiger partial charge in [0, 0.05) is 0 Å². The van der Waals surface area contributed by atoms with Crippen LogP contribution in [0.4, 0.5) is 0 Å². The van der Waals surface area contributed by atoms with Gasteiger partial charge in [-0.25, -0.2) is 4.79 Å². The van der Waals surface area contributed by atoms with Crippen molar-refractivity contribution in [2.75, 3.05) is 0 Å². The van der Waals surface area contributed by atoms with E-state index >= 15 is 0 Å². The van der Waals surface area contributed by atoms with Crippen molar-refractivity contribution in [2.24, 2.45) is 0 Å². The summed E-state index contributed by atoms with van der Waals surface area (Å²) in [4.78, 5) is 11.2. The maximum atomic E-state index is 11.2. The standard InChI is InChI=1S/C18H16O3/c19-11-12-4-6-14(7-5-12)16-3-1-2-13-8-9-15(18(20)21)10-17(13)16/h3-10,19H,1-2,11H2,(H,20,21). The third-order valence-corrected chi connectivity index (χ3v) is 3.86. The van der Waals surface area contributed by atoms with Gasteiger partial charge in [-0.3, -0.25) is 0 Å². The fourth-order valence-electron chi connectivity index (χ4n) is 2.72. The van der Waals surface area contributed by atoms with Gasteiger partial charge in [0.1, 0.15) is 0 Å². The average molecular weight is 280 g/mol. The molecule has 3 heteroatoms. The summed E-state index contributed by atoms with van der Waals surface area (Å²) in [6.45, 7) is 0.0269. The zero-order chi connectivity index (χ0) is 14.8. The zero-order valence-electron chi connectivity index (χ0n) is 11.5. The van der Waals surface area contributed by atoms with E-state index in [0.717, 1.165) is 35.1 Å². The molecular formula is C18H16O3. The van der Waals surface area contributed by atoms with Gasteiger partial charge in [-0.1, -0.05) is 36.4 Å². The van der Waals surface area contributed by atoms with Crippen LogP contribution in [0.5, 0.6) is 0 Å². The van der Waals surface area contributed by atoms with E-state index in [-0.39, 0.29) is 6.61 Å². The fraction of sp³-hybridized carbons (Fsp3) is 0.167. The molecule has 0 atom stereocenters. The number of carboxylic acid groups (broad SMARTS) is 1. The number of aromatic carboxylic acids is 1. The predicted molar refractivity (Wildman–Crippen MR) is 81.2 cm³/mol. The van der Waals surface area contributed by atoms with Crippen molar-refractivity contribution in [3.63, 3.8) is 0 Å². The van der Waals surface area contributed by atoms with E-state index in [0.29, 0.717) is 5.56 Å². The first-order valence-electron chi connectivity index (χ1n) is 6.96. The van der Waals surface area contributed by atoms with Crippen molar-refractivity contribution in [1.29, 1.82) is 0 Å². The van der Waals surface area contributed by atoms with Crippen LogP contribution in [0.3, 0.4) is 0 Å². The fourth-order valence-corrected chi connectivity index (χ4v) is 2.72. The second-order valence-electron chi connectivity index (χ2n) is 5.19. The maximum absolute atomic E-state index is 11.2. The van der Waals surface area contributed by atoms with Crippen molar-refractivity contribution in [2.45, 2.75) is 19.4 Å². The summed E-state index contributed by atoms with van der Waals surface area (Å²) >= 11 is 0. The van der Waals surface area contributed by atoms with Crippen LogP contribution >= 0.6 is 0 Å². The molecule has 3 rings (SSSR count). The lowest BCUT2D eigenvalue weighted by Gasteiger charge is -2.19. The van der Waals surface area contributed by atoms with E-state index in [1.807, 2.05) is 30.3 Å². The topological polar surface area (TPSA) is 57.5 Å². The van der Waals surface area contributed by atoms with Crippen LogP contribution in [0.15, 0.2) is 48.5 Å². The molecule has 2 aromatic rings. The number of rotatable bonds is 3. The van der Waals surface area contributed by atoms with Crippen molar-refractivity contribution >= 4 is 11.5 Å². The van der Waals surface area contributed by atoms with E-state index in [2.05, 4.69) is 6.08 Å². The maximum Gasteiger partial charge on any atom is 0.335 e. The minimum absolute atomic E-state index is 0.0269. The van der Waals surface area contributed by atoms with E-state index in [1.165, 1.54) is 5.56 Å². The molecule has 3 nitrogen and oxygen atoms in total. The monoisotopic (exact) mass is 280 g/mol. The molecule has 2 N–H and O–H groups in total. The molecule has 2 aromatic carbocycles. The van der Waals surface area contributed by atoms with Gasteiger partial charge in [-0.05, 0) is 52.8 Å². The highest BCUT2D eigenvalue weighted by Crippen LogP contribution is 2.32. The average Bonchev–Trinajstić information content (AvgIpc) is 2.54. The molecule has 0 amide bonds. The highest BCUT2D eigenvalue weighted by atomic mass is 16.4. The summed E-state index contributed by atoms with van der Waals surface area (Å²) in [5, 5.41) is 18.3. The van der Waals surface area contributed by atoms with E-state index in [1.54, 1.807) is 12.1 Å². The Hall–Kier alpha value is -2.39. The Balaban J connectivity index is 2.06. The van der Waals surface area contributed by atoms with Gasteiger partial charge >= 0.3 is 5.97 Å². The van der Waals surface area contributed by atoms with Crippen LogP contribution in [0, 0.1) is 0 Å². The van der Waals surface area contributed by atoms with Crippen molar-refractivity contribution in [3.8, 4) is 0 Å². The lowest BCUT2D eigenvalue weighted by atomic mass is 9.86. The van der Waals surface area contributed by atoms with Crippen LogP contribution in [-0.2, 0) is 13.0 Å². The number of fused-ring (bicyclic) bond motifs is 1. The third kappa shape index (κ3) is 2.60. The van der Waals surface area contributed by atoms with E-state index < -0.39 is 5.97 Å². The van der Waals surface area contributed by atoms with Crippen molar-refractivity contribution in [1.82, 2.24) is 0 Å². The molecule has 21 heavy (non-hydrogen) atoms. The number of hydrogen-bond acceptors (Lipinski definition) is 2. The largest absolute Gasteiger partial charge is 0.478 e. The molecule has 1 aliphatic carbocycles. The molecule has 106 valence electrons. The summed E-state index contributed by atoms with van der Waals surface area (Å²) in [5.41, 5.74) is 5.49. The van der Waals surface area contributed by atoms with E-state index in [9.17, 15) is 4.79 Å². The molecule has 0 aliphatic heterocycles. The van der Waals surface area contributed by atoms with Gasteiger partial charge in [0.05, 0.1) is 12.2 Å². The van der Waals surface area contributed by atoms with Crippen LogP contribution in [0.2, 0.25) is 0 Å². The number of carbonyl (C=O) groups is 1. The molecule has 1 aliphatic rings. The van der Waals surface area contributed by atoms with E-state index in [4.69, 9.17) is 10.2 Å². The minimum Gasteiger partial charge on any atom is -0.478 e. The van der Waals surface area contributed by atoms with Gasteiger partial charge in [-0.15, -0.1) is 0 Å². The summed E-state index contributed by atoms with van der Waals surface area (Å²) in [5.74, 6) is -0.904. The number of aliphatic hydroxyl groups is 1. The second kappa shape index (κ2) is 5.54. The van der Waals surface area contributed by atoms with Crippen LogP contribution < -0.4 is 0 Å². The van der Waals surface area contributed by atoms with Gasteiger partial charge in [0.15, 0.2) is 0 Å². The quantitative estimate of drug-likeness (QED) is 0.907. The smallest absolute Gasteiger partial charge is 0.335 e. The van der Waals surface area contributed by atoms with Crippen molar-refractivity contribution < 1.29 is 15.0 Å². The Morgan fingerprint density at radius 3 is 2.52 bits per heavy atom. The summed E-state index contributed by atoms with van der Waals surface area (Å²) < 4.78 is 0. The molecule has 0 radical (unpaired) electrons. The SMILES string of the molecule is O=C(O)c1ccc2c(c1)C(c1ccc(CO)cc1)=CCC2. The molecule has 0 bridgehead atoms. The van der Waals surface area contributed by atoms with Gasteiger partial charge in [0.25, 0.3) is 0 Å². The highest BCUT2D eigenvalue weighted by molar-refractivity contribution is 5.91. The van der Waals surface area contributed by atoms with Crippen LogP contribution in [0.1, 0.15) is 39.0 Å². The number of aryl methyl sites for hydroxylation is 1. The lowest BCUT2D eigenvalue weighted by molar-refractivity contribution is 0.0697. The van der Waals surface area contributed by atoms with Gasteiger partial charge in [-0.2, -0.15) is 0 Å². The second-order valence-corrected chi connectivity index (χ2v) is 5.19. The number of aliphatic hydroxyl groups excluding tert-OH is 1. The Bertz CT molecular complexity index is 712. The molecule has 0 unspecified atom stereocenters. The molecule has 0 aromatic heterocycles. The number of hydrogen-bond donors (Lipinski definition) is 2. The normalized spacial score (nSPS) is 13.5. The molecule has 0 saturated heterocycles. The number of carboxylic acids is 1. The number of allylic oxidation sites excluding steroid dienone is 1. The Kier molecular flexibility index (Phi) is 3.59. The summed E-state index contributed by atoms with van der Waals surface area (Å²) in [7, 11) is 0. The van der Waals surface area contributed by atoms with Gasteiger partial charge in [0.2, 0.25) is 0 Å². The Morgan fingerprint density at radius 2 is 1.86 bits per heavy atom. The lowest BCUT2D eigenvalue weighted by Crippen LogP contribution is -2.05. The summed E-state index contributed by atoms with van der Waals surface area (Å²) in [6, 6.07) is 13.1. The minimum atomic E-state index is -0.904. The van der Waals surface area contributed by atoms with Crippen LogP contribution in [0.25, 0.3) is 5.57 Å².